The second kappa shape index (κ2) is 4.25. The molecule has 0 saturated heterocycles. The first-order valence-corrected chi connectivity index (χ1v) is 4.77. The molecule has 1 rings (SSSR count). The van der Waals surface area contributed by atoms with E-state index in [0.717, 1.165) is 0 Å². The maximum atomic E-state index is 11.3. The van der Waals surface area contributed by atoms with Crippen molar-refractivity contribution in [3.05, 3.63) is 40.3 Å². The monoisotopic (exact) mass is 212 g/mol. The van der Waals surface area contributed by atoms with Crippen molar-refractivity contribution in [2.24, 2.45) is 0 Å². The highest BCUT2D eigenvalue weighted by Crippen LogP contribution is 2.07. The van der Waals surface area contributed by atoms with Crippen molar-refractivity contribution in [2.45, 2.75) is 0 Å². The summed E-state index contributed by atoms with van der Waals surface area (Å²) in [4.78, 5) is 15.6. The summed E-state index contributed by atoms with van der Waals surface area (Å²) in [5, 5.41) is 4.17. The number of rotatable bonds is 3. The molecular weight excluding hydrogens is 204 g/mol. The van der Waals surface area contributed by atoms with Crippen molar-refractivity contribution in [3.8, 4) is 0 Å². The highest BCUT2D eigenvalue weighted by Gasteiger charge is 2.08. The molecule has 13 heavy (non-hydrogen) atoms. The SMILES string of the molecule is C=C(S)C(=C)NC(=O)c1cscn1. The van der Waals surface area contributed by atoms with Gasteiger partial charge in [0.25, 0.3) is 5.91 Å². The average molecular weight is 212 g/mol. The molecular formula is C8H8N2OS2. The van der Waals surface area contributed by atoms with Gasteiger partial charge in [0.15, 0.2) is 0 Å². The highest BCUT2D eigenvalue weighted by molar-refractivity contribution is 7.84. The van der Waals surface area contributed by atoms with Gasteiger partial charge in [0, 0.05) is 16.0 Å². The zero-order valence-corrected chi connectivity index (χ0v) is 8.49. The second-order valence-corrected chi connectivity index (χ2v) is 3.51. The number of thiazole rings is 1. The second-order valence-electron chi connectivity index (χ2n) is 2.25. The molecule has 1 heterocycles. The van der Waals surface area contributed by atoms with Crippen LogP contribution in [0.3, 0.4) is 0 Å². The summed E-state index contributed by atoms with van der Waals surface area (Å²) >= 11 is 5.30. The molecule has 68 valence electrons. The smallest absolute Gasteiger partial charge is 0.275 e. The van der Waals surface area contributed by atoms with Gasteiger partial charge in [-0.1, -0.05) is 13.2 Å². The van der Waals surface area contributed by atoms with Crippen LogP contribution >= 0.6 is 24.0 Å². The van der Waals surface area contributed by atoms with Gasteiger partial charge in [-0.15, -0.1) is 24.0 Å². The van der Waals surface area contributed by atoms with Crippen molar-refractivity contribution in [1.29, 1.82) is 0 Å². The first-order valence-electron chi connectivity index (χ1n) is 3.38. The third-order valence-electron chi connectivity index (χ3n) is 1.28. The molecule has 0 spiro atoms. The van der Waals surface area contributed by atoms with E-state index < -0.39 is 0 Å². The lowest BCUT2D eigenvalue weighted by Gasteiger charge is -2.04. The Bertz CT molecular complexity index is 343. The van der Waals surface area contributed by atoms with Crippen molar-refractivity contribution < 1.29 is 4.79 Å². The lowest BCUT2D eigenvalue weighted by Crippen LogP contribution is -2.22. The van der Waals surface area contributed by atoms with E-state index in [0.29, 0.717) is 16.3 Å². The number of nitrogens with zero attached hydrogens (tertiary/aromatic N) is 1. The van der Waals surface area contributed by atoms with Crippen LogP contribution < -0.4 is 5.32 Å². The minimum atomic E-state index is -0.290. The minimum Gasteiger partial charge on any atom is -0.320 e. The molecule has 0 saturated carbocycles. The van der Waals surface area contributed by atoms with E-state index >= 15 is 0 Å². The van der Waals surface area contributed by atoms with Gasteiger partial charge in [-0.2, -0.15) is 0 Å². The fourth-order valence-corrected chi connectivity index (χ4v) is 1.19. The Kier molecular flexibility index (Phi) is 3.27. The largest absolute Gasteiger partial charge is 0.320 e. The molecule has 0 aliphatic heterocycles. The molecule has 1 aromatic rings. The molecule has 0 atom stereocenters. The molecule has 1 N–H and O–H groups in total. The highest BCUT2D eigenvalue weighted by atomic mass is 32.1. The van der Waals surface area contributed by atoms with Crippen LogP contribution in [-0.4, -0.2) is 10.9 Å². The third-order valence-corrected chi connectivity index (χ3v) is 2.13. The summed E-state index contributed by atoms with van der Waals surface area (Å²) in [5.41, 5.74) is 2.36. The molecule has 0 unspecified atom stereocenters. The van der Waals surface area contributed by atoms with Gasteiger partial charge in [-0.25, -0.2) is 4.98 Å². The predicted octanol–water partition coefficient (Wildman–Crippen LogP) is 1.83. The van der Waals surface area contributed by atoms with Gasteiger partial charge in [0.05, 0.1) is 5.51 Å². The van der Waals surface area contributed by atoms with Crippen LogP contribution in [0.15, 0.2) is 34.7 Å². The standard InChI is InChI=1S/C8H8N2OS2/c1-5(6(2)12)10-8(11)7-3-13-4-9-7/h3-4,12H,1-2H2,(H,10,11). The quantitative estimate of drug-likeness (QED) is 0.593. The van der Waals surface area contributed by atoms with Gasteiger partial charge in [0.2, 0.25) is 0 Å². The Labute approximate surface area is 85.6 Å². The van der Waals surface area contributed by atoms with Crippen LogP contribution in [0.25, 0.3) is 0 Å². The maximum absolute atomic E-state index is 11.3. The molecule has 0 aliphatic carbocycles. The first kappa shape index (κ1) is 10.0. The number of carbonyl (C=O) groups is 1. The van der Waals surface area contributed by atoms with Gasteiger partial charge in [-0.3, -0.25) is 4.79 Å². The van der Waals surface area contributed by atoms with E-state index in [1.54, 1.807) is 10.9 Å². The van der Waals surface area contributed by atoms with Crippen LogP contribution in [0, 0.1) is 0 Å². The van der Waals surface area contributed by atoms with Gasteiger partial charge >= 0.3 is 0 Å². The third kappa shape index (κ3) is 2.71. The van der Waals surface area contributed by atoms with E-state index in [1.807, 2.05) is 0 Å². The summed E-state index contributed by atoms with van der Waals surface area (Å²) in [7, 11) is 0. The van der Waals surface area contributed by atoms with Crippen molar-refractivity contribution in [3.63, 3.8) is 0 Å². The van der Waals surface area contributed by atoms with E-state index in [4.69, 9.17) is 0 Å². The number of hydrogen-bond donors (Lipinski definition) is 2. The Hall–Kier alpha value is -1.07. The number of thiol groups is 1. The zero-order valence-electron chi connectivity index (χ0n) is 6.78. The van der Waals surface area contributed by atoms with Gasteiger partial charge in [-0.05, 0) is 0 Å². The van der Waals surface area contributed by atoms with Crippen LogP contribution in [0.4, 0.5) is 0 Å². The molecule has 0 fully saturated rings. The maximum Gasteiger partial charge on any atom is 0.275 e. The fraction of sp³-hybridized carbons (Fsp3) is 0. The summed E-state index contributed by atoms with van der Waals surface area (Å²) in [6, 6.07) is 0. The van der Waals surface area contributed by atoms with Gasteiger partial charge < -0.3 is 5.32 Å². The molecule has 5 heteroatoms. The lowest BCUT2D eigenvalue weighted by molar-refractivity contribution is 0.0963. The molecule has 0 aromatic carbocycles. The van der Waals surface area contributed by atoms with Crippen molar-refractivity contribution in [2.75, 3.05) is 0 Å². The van der Waals surface area contributed by atoms with Crippen LogP contribution in [0.1, 0.15) is 10.5 Å². The van der Waals surface area contributed by atoms with Crippen LogP contribution in [0.2, 0.25) is 0 Å². The van der Waals surface area contributed by atoms with Crippen LogP contribution in [-0.2, 0) is 0 Å². The van der Waals surface area contributed by atoms with E-state index in [1.165, 1.54) is 11.3 Å². The topological polar surface area (TPSA) is 42.0 Å². The number of carbonyl (C=O) groups excluding carboxylic acids is 1. The minimum absolute atomic E-state index is 0.290. The summed E-state index contributed by atoms with van der Waals surface area (Å²) in [5.74, 6) is -0.290. The van der Waals surface area contributed by atoms with Crippen molar-refractivity contribution in [1.82, 2.24) is 10.3 Å². The lowest BCUT2D eigenvalue weighted by atomic mass is 10.4. The average Bonchev–Trinajstić information content (AvgIpc) is 2.55. The van der Waals surface area contributed by atoms with E-state index in [9.17, 15) is 4.79 Å². The number of nitrogens with one attached hydrogen (secondary N) is 1. The Balaban J connectivity index is 2.62. The molecule has 1 aromatic heterocycles. The van der Waals surface area contributed by atoms with E-state index in [2.05, 4.69) is 36.1 Å². The number of amides is 1. The van der Waals surface area contributed by atoms with Gasteiger partial charge in [0.1, 0.15) is 5.69 Å². The normalized spacial score (nSPS) is 9.31. The molecule has 0 bridgehead atoms. The van der Waals surface area contributed by atoms with Crippen molar-refractivity contribution >= 4 is 29.9 Å². The predicted molar refractivity (Wildman–Crippen MR) is 56.8 cm³/mol. The molecule has 0 aliphatic rings. The fourth-order valence-electron chi connectivity index (χ4n) is 0.598. The first-order chi connectivity index (χ1) is 6.11. The zero-order chi connectivity index (χ0) is 9.84. The van der Waals surface area contributed by atoms with E-state index in [-0.39, 0.29) is 5.91 Å². The Morgan fingerprint density at radius 3 is 2.77 bits per heavy atom. The number of hydrogen-bond acceptors (Lipinski definition) is 4. The number of aromatic nitrogens is 1. The molecule has 1 amide bonds. The summed E-state index contributed by atoms with van der Waals surface area (Å²) in [6.45, 7) is 7.09. The summed E-state index contributed by atoms with van der Waals surface area (Å²) < 4.78 is 0. The summed E-state index contributed by atoms with van der Waals surface area (Å²) in [6.07, 6.45) is 0. The molecule has 3 nitrogen and oxygen atoms in total. The Morgan fingerprint density at radius 2 is 2.31 bits per heavy atom. The molecule has 0 radical (unpaired) electrons. The van der Waals surface area contributed by atoms with Crippen LogP contribution in [0.5, 0.6) is 0 Å². The Morgan fingerprint density at radius 1 is 1.62 bits per heavy atom.